The number of hydrogen-bond acceptors (Lipinski definition) is 2. The van der Waals surface area contributed by atoms with Crippen molar-refractivity contribution >= 4 is 17.4 Å². The van der Waals surface area contributed by atoms with Gasteiger partial charge in [-0.15, -0.1) is 11.6 Å². The second-order valence-electron chi connectivity index (χ2n) is 6.98. The summed E-state index contributed by atoms with van der Waals surface area (Å²) in [4.78, 5) is 11.9. The third-order valence-electron chi connectivity index (χ3n) is 3.17. The van der Waals surface area contributed by atoms with E-state index >= 15 is 0 Å². The topological polar surface area (TPSA) is 37.3 Å². The van der Waals surface area contributed by atoms with Crippen molar-refractivity contribution in [1.82, 2.24) is 0 Å². The number of benzene rings is 1. The third-order valence-corrected chi connectivity index (χ3v) is 3.41. The zero-order valence-corrected chi connectivity index (χ0v) is 13.4. The number of Topliss-reactive ketones (excluding diaryl/α,β-unsaturated/α-hetero) is 1. The second kappa shape index (κ2) is 5.16. The van der Waals surface area contributed by atoms with Crippen molar-refractivity contribution in [3.05, 3.63) is 28.8 Å². The van der Waals surface area contributed by atoms with Crippen molar-refractivity contribution in [2.24, 2.45) is 0 Å². The first kappa shape index (κ1) is 16.0. The predicted octanol–water partition coefficient (Wildman–Crippen LogP) is 4.41. The Bertz CT molecular complexity index is 455. The summed E-state index contributed by atoms with van der Waals surface area (Å²) in [7, 11) is 0. The Hall–Kier alpha value is -1.02. The molecule has 106 valence electrons. The van der Waals surface area contributed by atoms with E-state index in [0.717, 1.165) is 11.1 Å². The highest BCUT2D eigenvalue weighted by Crippen LogP contribution is 2.39. The zero-order chi connectivity index (χ0) is 15.0. The lowest BCUT2D eigenvalue weighted by Gasteiger charge is -2.28. The Morgan fingerprint density at radius 3 is 1.68 bits per heavy atom. The molecule has 0 aliphatic rings. The summed E-state index contributed by atoms with van der Waals surface area (Å²) in [6.07, 6.45) is 0. The quantitative estimate of drug-likeness (QED) is 0.644. The van der Waals surface area contributed by atoms with Crippen molar-refractivity contribution < 1.29 is 9.90 Å². The second-order valence-corrected chi connectivity index (χ2v) is 7.24. The van der Waals surface area contributed by atoms with Crippen LogP contribution in [0.3, 0.4) is 0 Å². The van der Waals surface area contributed by atoms with Crippen molar-refractivity contribution in [1.29, 1.82) is 0 Å². The minimum atomic E-state index is -0.229. The number of halogens is 1. The van der Waals surface area contributed by atoms with E-state index in [1.165, 1.54) is 0 Å². The van der Waals surface area contributed by atoms with E-state index in [1.807, 2.05) is 41.5 Å². The fraction of sp³-hybridized carbons (Fsp3) is 0.562. The Kier molecular flexibility index (Phi) is 4.36. The van der Waals surface area contributed by atoms with Crippen molar-refractivity contribution in [2.45, 2.75) is 52.4 Å². The lowest BCUT2D eigenvalue weighted by atomic mass is 9.78. The maximum Gasteiger partial charge on any atom is 0.177 e. The van der Waals surface area contributed by atoms with E-state index in [1.54, 1.807) is 12.1 Å². The molecule has 0 fully saturated rings. The molecule has 19 heavy (non-hydrogen) atoms. The number of rotatable bonds is 2. The number of ketones is 1. The molecule has 0 saturated heterocycles. The number of alkyl halides is 1. The summed E-state index contributed by atoms with van der Waals surface area (Å²) < 4.78 is 0. The lowest BCUT2D eigenvalue weighted by molar-refractivity contribution is 0.102. The number of carbonyl (C=O) groups is 1. The van der Waals surface area contributed by atoms with Gasteiger partial charge >= 0.3 is 0 Å². The number of aromatic hydroxyl groups is 1. The number of phenols is 1. The highest BCUT2D eigenvalue weighted by Gasteiger charge is 2.27. The average Bonchev–Trinajstić information content (AvgIpc) is 2.25. The van der Waals surface area contributed by atoms with Crippen LogP contribution in [0.1, 0.15) is 63.0 Å². The molecule has 0 atom stereocenters. The number of hydrogen-bond donors (Lipinski definition) is 1. The van der Waals surface area contributed by atoms with Gasteiger partial charge in [0, 0.05) is 16.7 Å². The van der Waals surface area contributed by atoms with Crippen LogP contribution in [0.2, 0.25) is 0 Å². The predicted molar refractivity (Wildman–Crippen MR) is 80.6 cm³/mol. The van der Waals surface area contributed by atoms with Crippen LogP contribution in [-0.2, 0) is 10.8 Å². The van der Waals surface area contributed by atoms with Gasteiger partial charge in [-0.25, -0.2) is 0 Å². The van der Waals surface area contributed by atoms with Crippen molar-refractivity contribution in [2.75, 3.05) is 5.88 Å². The first-order valence-corrected chi connectivity index (χ1v) is 6.99. The van der Waals surface area contributed by atoms with E-state index in [0.29, 0.717) is 5.56 Å². The molecular weight excluding hydrogens is 260 g/mol. The van der Waals surface area contributed by atoms with Gasteiger partial charge in [-0.3, -0.25) is 4.79 Å². The number of carbonyl (C=O) groups excluding carboxylic acids is 1. The van der Waals surface area contributed by atoms with Crippen LogP contribution in [0.4, 0.5) is 0 Å². The fourth-order valence-corrected chi connectivity index (χ4v) is 2.17. The van der Waals surface area contributed by atoms with Gasteiger partial charge in [0.1, 0.15) is 5.75 Å². The molecule has 0 radical (unpaired) electrons. The highest BCUT2D eigenvalue weighted by atomic mass is 35.5. The average molecular weight is 283 g/mol. The van der Waals surface area contributed by atoms with Gasteiger partial charge in [0.25, 0.3) is 0 Å². The summed E-state index contributed by atoms with van der Waals surface area (Å²) in [5, 5.41) is 10.5. The minimum Gasteiger partial charge on any atom is -0.507 e. The molecule has 1 rings (SSSR count). The first-order valence-electron chi connectivity index (χ1n) is 6.45. The van der Waals surface area contributed by atoms with Gasteiger partial charge in [-0.05, 0) is 23.0 Å². The Morgan fingerprint density at radius 2 is 1.42 bits per heavy atom. The molecule has 3 heteroatoms. The Morgan fingerprint density at radius 1 is 1.05 bits per heavy atom. The summed E-state index contributed by atoms with van der Waals surface area (Å²) in [5.74, 6) is 0.126. The molecule has 0 bridgehead atoms. The van der Waals surface area contributed by atoms with E-state index in [-0.39, 0.29) is 28.2 Å². The molecular formula is C16H23ClO2. The van der Waals surface area contributed by atoms with Crippen LogP contribution in [-0.4, -0.2) is 16.8 Å². The summed E-state index contributed by atoms with van der Waals surface area (Å²) in [5.41, 5.74) is 1.68. The molecule has 0 heterocycles. The maximum absolute atomic E-state index is 11.9. The van der Waals surface area contributed by atoms with Crippen molar-refractivity contribution in [3.8, 4) is 5.75 Å². The monoisotopic (exact) mass is 282 g/mol. The molecule has 0 amide bonds. The number of phenolic OH excluding ortho intramolecular Hbond substituents is 1. The van der Waals surface area contributed by atoms with Crippen molar-refractivity contribution in [3.63, 3.8) is 0 Å². The zero-order valence-electron chi connectivity index (χ0n) is 12.6. The molecule has 1 N–H and O–H groups in total. The molecule has 0 aliphatic heterocycles. The first-order chi connectivity index (χ1) is 8.48. The van der Waals surface area contributed by atoms with E-state index in [2.05, 4.69) is 0 Å². The third kappa shape index (κ3) is 3.50. The van der Waals surface area contributed by atoms with E-state index in [9.17, 15) is 9.90 Å². The summed E-state index contributed by atoms with van der Waals surface area (Å²) >= 11 is 5.65. The van der Waals surface area contributed by atoms with Gasteiger partial charge in [0.2, 0.25) is 0 Å². The van der Waals surface area contributed by atoms with Gasteiger partial charge in [0.15, 0.2) is 5.78 Å². The highest BCUT2D eigenvalue weighted by molar-refractivity contribution is 6.30. The molecule has 0 spiro atoms. The maximum atomic E-state index is 11.9. The van der Waals surface area contributed by atoms with E-state index in [4.69, 9.17) is 11.6 Å². The van der Waals surface area contributed by atoms with Gasteiger partial charge in [-0.1, -0.05) is 41.5 Å². The molecule has 1 aromatic rings. The molecule has 2 nitrogen and oxygen atoms in total. The van der Waals surface area contributed by atoms with Crippen LogP contribution in [0.15, 0.2) is 12.1 Å². The SMILES string of the molecule is CC(C)(C)c1cc(C(=O)CCl)cc(C(C)(C)C)c1O. The largest absolute Gasteiger partial charge is 0.507 e. The molecule has 1 aromatic carbocycles. The van der Waals surface area contributed by atoms with Crippen LogP contribution in [0.5, 0.6) is 5.75 Å². The minimum absolute atomic E-state index is 0.0437. The Labute approximate surface area is 120 Å². The Balaban J connectivity index is 3.62. The normalized spacial score (nSPS) is 12.6. The van der Waals surface area contributed by atoms with Gasteiger partial charge in [-0.2, -0.15) is 0 Å². The van der Waals surface area contributed by atoms with E-state index < -0.39 is 0 Å². The standard InChI is InChI=1S/C16H23ClO2/c1-15(2,3)11-7-10(13(18)9-17)8-12(14(11)19)16(4,5)6/h7-8,19H,9H2,1-6H3. The lowest BCUT2D eigenvalue weighted by Crippen LogP contribution is -2.19. The summed E-state index contributed by atoms with van der Waals surface area (Å²) in [6.45, 7) is 12.1. The molecule has 0 aliphatic carbocycles. The smallest absolute Gasteiger partial charge is 0.177 e. The van der Waals surface area contributed by atoms with Crippen LogP contribution in [0.25, 0.3) is 0 Å². The molecule has 0 aromatic heterocycles. The van der Waals surface area contributed by atoms with Crippen LogP contribution >= 0.6 is 11.6 Å². The molecule has 0 unspecified atom stereocenters. The van der Waals surface area contributed by atoms with Gasteiger partial charge in [0.05, 0.1) is 5.88 Å². The summed E-state index contributed by atoms with van der Waals surface area (Å²) in [6, 6.07) is 3.52. The van der Waals surface area contributed by atoms with Gasteiger partial charge < -0.3 is 5.11 Å². The fourth-order valence-electron chi connectivity index (χ4n) is 2.02. The van der Waals surface area contributed by atoms with Crippen LogP contribution < -0.4 is 0 Å². The molecule has 0 saturated carbocycles. The van der Waals surface area contributed by atoms with Crippen LogP contribution in [0, 0.1) is 0 Å².